The number of rotatable bonds is 8. The summed E-state index contributed by atoms with van der Waals surface area (Å²) < 4.78 is 22.6. The summed E-state index contributed by atoms with van der Waals surface area (Å²) in [5.74, 6) is 1.16. The van der Waals surface area contributed by atoms with Gasteiger partial charge < -0.3 is 14.2 Å². The van der Waals surface area contributed by atoms with Gasteiger partial charge in [-0.05, 0) is 74.2 Å². The summed E-state index contributed by atoms with van der Waals surface area (Å²) in [6.07, 6.45) is 2.09. The maximum absolute atomic E-state index is 14.4. The van der Waals surface area contributed by atoms with Crippen LogP contribution in [0.15, 0.2) is 60.7 Å². The predicted molar refractivity (Wildman–Crippen MR) is 141 cm³/mol. The van der Waals surface area contributed by atoms with Gasteiger partial charge in [0.05, 0.1) is 23.3 Å². The van der Waals surface area contributed by atoms with Gasteiger partial charge in [0.1, 0.15) is 17.4 Å². The molecule has 0 bridgehead atoms. The zero-order chi connectivity index (χ0) is 25.2. The van der Waals surface area contributed by atoms with Crippen LogP contribution in [-0.2, 0) is 11.3 Å². The first-order chi connectivity index (χ1) is 17.4. The molecule has 0 saturated carbocycles. The van der Waals surface area contributed by atoms with E-state index in [0.717, 1.165) is 58.1 Å². The number of amides is 1. The highest BCUT2D eigenvalue weighted by Crippen LogP contribution is 2.34. The normalized spacial score (nSPS) is 15.7. The zero-order valence-corrected chi connectivity index (χ0v) is 21.3. The molecule has 4 aromatic rings. The Balaban J connectivity index is 1.29. The average molecular weight is 506 g/mol. The molecule has 2 heterocycles. The molecule has 1 aliphatic heterocycles. The Morgan fingerprint density at radius 2 is 1.78 bits per heavy atom. The van der Waals surface area contributed by atoms with Crippen LogP contribution in [0.25, 0.3) is 11.0 Å². The second kappa shape index (κ2) is 10.3. The van der Waals surface area contributed by atoms with Gasteiger partial charge in [-0.2, -0.15) is 0 Å². The third-order valence-corrected chi connectivity index (χ3v) is 7.37. The van der Waals surface area contributed by atoms with Gasteiger partial charge in [0, 0.05) is 30.5 Å². The van der Waals surface area contributed by atoms with Crippen molar-refractivity contribution in [2.24, 2.45) is 0 Å². The standard InChI is InChI=1S/C29H29ClFN3O2/c1-19-15-22(16-20(2)28(19)30)36-14-8-7-13-33-26-12-6-4-10-24(26)32-29(33)21-17-27(35)34(18-21)25-11-5-3-9-23(25)31/h3-6,9-12,15-16,21H,7-8,13-14,17-18H2,1-2H3. The number of benzene rings is 3. The number of anilines is 1. The highest BCUT2D eigenvalue weighted by atomic mass is 35.5. The Morgan fingerprint density at radius 1 is 1.06 bits per heavy atom. The number of halogens is 2. The maximum Gasteiger partial charge on any atom is 0.227 e. The Hall–Kier alpha value is -3.38. The quantitative estimate of drug-likeness (QED) is 0.247. The van der Waals surface area contributed by atoms with Crippen LogP contribution in [0.2, 0.25) is 5.02 Å². The smallest absolute Gasteiger partial charge is 0.227 e. The molecule has 1 amide bonds. The molecular formula is C29H29ClFN3O2. The molecule has 0 N–H and O–H groups in total. The molecule has 1 aliphatic rings. The SMILES string of the molecule is Cc1cc(OCCCCn2c(C3CC(=O)N(c4ccccc4F)C3)nc3ccccc32)cc(C)c1Cl. The fourth-order valence-electron chi connectivity index (χ4n) is 4.98. The molecular weight excluding hydrogens is 477 g/mol. The van der Waals surface area contributed by atoms with E-state index < -0.39 is 0 Å². The monoisotopic (exact) mass is 505 g/mol. The van der Waals surface area contributed by atoms with Crippen LogP contribution in [0.4, 0.5) is 10.1 Å². The van der Waals surface area contributed by atoms with E-state index in [1.165, 1.54) is 6.07 Å². The molecule has 0 aliphatic carbocycles. The first kappa shape index (κ1) is 24.3. The van der Waals surface area contributed by atoms with Crippen LogP contribution < -0.4 is 9.64 Å². The molecule has 7 heteroatoms. The van der Waals surface area contributed by atoms with Gasteiger partial charge in [0.15, 0.2) is 0 Å². The van der Waals surface area contributed by atoms with Crippen molar-refractivity contribution in [1.82, 2.24) is 9.55 Å². The van der Waals surface area contributed by atoms with Crippen molar-refractivity contribution < 1.29 is 13.9 Å². The number of carbonyl (C=O) groups excluding carboxylic acids is 1. The molecule has 5 rings (SSSR count). The van der Waals surface area contributed by atoms with Crippen molar-refractivity contribution in [3.05, 3.63) is 88.5 Å². The van der Waals surface area contributed by atoms with Crippen LogP contribution in [0.5, 0.6) is 5.75 Å². The minimum absolute atomic E-state index is 0.0781. The zero-order valence-electron chi connectivity index (χ0n) is 20.5. The van der Waals surface area contributed by atoms with Gasteiger partial charge >= 0.3 is 0 Å². The molecule has 0 spiro atoms. The van der Waals surface area contributed by atoms with Crippen molar-refractivity contribution in [1.29, 1.82) is 0 Å². The predicted octanol–water partition coefficient (Wildman–Crippen LogP) is 6.83. The van der Waals surface area contributed by atoms with Crippen molar-refractivity contribution in [2.45, 2.75) is 45.6 Å². The van der Waals surface area contributed by atoms with Crippen LogP contribution in [0, 0.1) is 19.7 Å². The molecule has 0 radical (unpaired) electrons. The lowest BCUT2D eigenvalue weighted by Crippen LogP contribution is -2.25. The van der Waals surface area contributed by atoms with Crippen LogP contribution in [0.1, 0.15) is 42.1 Å². The molecule has 1 unspecified atom stereocenters. The van der Waals surface area contributed by atoms with E-state index in [-0.39, 0.29) is 17.6 Å². The van der Waals surface area contributed by atoms with Gasteiger partial charge in [-0.25, -0.2) is 9.37 Å². The molecule has 1 atom stereocenters. The lowest BCUT2D eigenvalue weighted by Gasteiger charge is -2.18. The highest BCUT2D eigenvalue weighted by molar-refractivity contribution is 6.32. The first-order valence-electron chi connectivity index (χ1n) is 12.3. The molecule has 5 nitrogen and oxygen atoms in total. The summed E-state index contributed by atoms with van der Waals surface area (Å²) in [7, 11) is 0. The third-order valence-electron chi connectivity index (χ3n) is 6.77. The summed E-state index contributed by atoms with van der Waals surface area (Å²) in [5, 5.41) is 0.779. The van der Waals surface area contributed by atoms with Crippen molar-refractivity contribution in [3.63, 3.8) is 0 Å². The van der Waals surface area contributed by atoms with Crippen LogP contribution in [-0.4, -0.2) is 28.6 Å². The molecule has 1 fully saturated rings. The number of carbonyl (C=O) groups is 1. The van der Waals surface area contributed by atoms with Gasteiger partial charge in [0.25, 0.3) is 0 Å². The van der Waals surface area contributed by atoms with E-state index in [4.69, 9.17) is 21.3 Å². The first-order valence-corrected chi connectivity index (χ1v) is 12.7. The number of ether oxygens (including phenoxy) is 1. The van der Waals surface area contributed by atoms with Gasteiger partial charge in [-0.3, -0.25) is 4.79 Å². The Kier molecular flexibility index (Phi) is 6.97. The number of aryl methyl sites for hydroxylation is 3. The number of aromatic nitrogens is 2. The Bertz CT molecular complexity index is 1390. The van der Waals surface area contributed by atoms with Gasteiger partial charge in [-0.15, -0.1) is 0 Å². The summed E-state index contributed by atoms with van der Waals surface area (Å²) in [6.45, 7) is 5.75. The summed E-state index contributed by atoms with van der Waals surface area (Å²) >= 11 is 6.26. The Labute approximate surface area is 215 Å². The maximum atomic E-state index is 14.4. The van der Waals surface area contributed by atoms with E-state index in [2.05, 4.69) is 10.6 Å². The number of fused-ring (bicyclic) bond motifs is 1. The van der Waals surface area contributed by atoms with Crippen LogP contribution in [0.3, 0.4) is 0 Å². The van der Waals surface area contributed by atoms with E-state index in [0.29, 0.717) is 25.3 Å². The second-order valence-corrected chi connectivity index (χ2v) is 9.77. The largest absolute Gasteiger partial charge is 0.494 e. The van der Waals surface area contributed by atoms with Crippen LogP contribution >= 0.6 is 11.6 Å². The molecule has 1 aromatic heterocycles. The minimum Gasteiger partial charge on any atom is -0.494 e. The van der Waals surface area contributed by atoms with Crippen molar-refractivity contribution in [3.8, 4) is 5.75 Å². The fourth-order valence-corrected chi connectivity index (χ4v) is 5.09. The number of nitrogens with zero attached hydrogens (tertiary/aromatic N) is 3. The fraction of sp³-hybridized carbons (Fsp3) is 0.310. The number of hydrogen-bond acceptors (Lipinski definition) is 3. The number of para-hydroxylation sites is 3. The van der Waals surface area contributed by atoms with E-state index >= 15 is 0 Å². The number of imidazole rings is 1. The Morgan fingerprint density at radius 3 is 2.56 bits per heavy atom. The third kappa shape index (κ3) is 4.82. The number of unbranched alkanes of at least 4 members (excludes halogenated alkanes) is 1. The minimum atomic E-state index is -0.383. The highest BCUT2D eigenvalue weighted by Gasteiger charge is 2.35. The summed E-state index contributed by atoms with van der Waals surface area (Å²) in [4.78, 5) is 19.3. The molecule has 186 valence electrons. The summed E-state index contributed by atoms with van der Waals surface area (Å²) in [6, 6.07) is 18.4. The van der Waals surface area contributed by atoms with Gasteiger partial charge in [-0.1, -0.05) is 35.9 Å². The van der Waals surface area contributed by atoms with Crippen molar-refractivity contribution in [2.75, 3.05) is 18.1 Å². The average Bonchev–Trinajstić information content (AvgIpc) is 3.43. The van der Waals surface area contributed by atoms with E-state index in [1.807, 2.05) is 44.2 Å². The topological polar surface area (TPSA) is 47.4 Å². The molecule has 3 aromatic carbocycles. The molecule has 36 heavy (non-hydrogen) atoms. The second-order valence-electron chi connectivity index (χ2n) is 9.39. The number of hydrogen-bond donors (Lipinski definition) is 0. The lowest BCUT2D eigenvalue weighted by atomic mass is 10.1. The lowest BCUT2D eigenvalue weighted by molar-refractivity contribution is -0.117. The van der Waals surface area contributed by atoms with E-state index in [9.17, 15) is 9.18 Å². The van der Waals surface area contributed by atoms with E-state index in [1.54, 1.807) is 23.1 Å². The van der Waals surface area contributed by atoms with Gasteiger partial charge in [0.2, 0.25) is 5.91 Å². The van der Waals surface area contributed by atoms with Crippen molar-refractivity contribution >= 4 is 34.2 Å². The summed E-state index contributed by atoms with van der Waals surface area (Å²) in [5.41, 5.74) is 4.31. The molecule has 1 saturated heterocycles.